The molecule has 0 unspecified atom stereocenters. The van der Waals surface area contributed by atoms with E-state index in [-0.39, 0.29) is 10.8 Å². The second kappa shape index (κ2) is 6.03. The molecule has 0 aliphatic carbocycles. The van der Waals surface area contributed by atoms with Crippen LogP contribution < -0.4 is 5.32 Å². The van der Waals surface area contributed by atoms with E-state index in [1.807, 2.05) is 16.8 Å². The first-order valence-electron chi connectivity index (χ1n) is 5.98. The first-order valence-corrected chi connectivity index (χ1v) is 6.36. The van der Waals surface area contributed by atoms with Gasteiger partial charge in [-0.2, -0.15) is 0 Å². The van der Waals surface area contributed by atoms with Crippen molar-refractivity contribution < 1.29 is 4.39 Å². The van der Waals surface area contributed by atoms with Gasteiger partial charge in [0.05, 0.1) is 5.02 Å². The number of hydrogen-bond donors (Lipinski definition) is 1. The summed E-state index contributed by atoms with van der Waals surface area (Å²) in [6, 6.07) is 6.98. The third-order valence-electron chi connectivity index (χ3n) is 2.74. The number of hydrogen-bond acceptors (Lipinski definition) is 1. The number of rotatable bonds is 5. The molecule has 96 valence electrons. The lowest BCUT2D eigenvalue weighted by molar-refractivity contribution is 0.624. The fraction of sp³-hybridized carbons (Fsp3) is 0.286. The molecule has 2 aromatic rings. The van der Waals surface area contributed by atoms with E-state index in [1.54, 1.807) is 6.07 Å². The summed E-state index contributed by atoms with van der Waals surface area (Å²) in [7, 11) is 0. The Labute approximate surface area is 111 Å². The van der Waals surface area contributed by atoms with Crippen molar-refractivity contribution in [3.8, 4) is 0 Å². The highest BCUT2D eigenvalue weighted by atomic mass is 35.5. The maximum atomic E-state index is 13.3. The molecule has 0 bridgehead atoms. The third-order valence-corrected chi connectivity index (χ3v) is 3.05. The highest BCUT2D eigenvalue weighted by molar-refractivity contribution is 6.30. The van der Waals surface area contributed by atoms with Crippen LogP contribution in [0.4, 0.5) is 4.39 Å². The quantitative estimate of drug-likeness (QED) is 0.877. The van der Waals surface area contributed by atoms with Crippen LogP contribution in [0.3, 0.4) is 0 Å². The van der Waals surface area contributed by atoms with E-state index in [2.05, 4.69) is 24.5 Å². The fourth-order valence-corrected chi connectivity index (χ4v) is 1.93. The highest BCUT2D eigenvalue weighted by Crippen LogP contribution is 2.16. The summed E-state index contributed by atoms with van der Waals surface area (Å²) in [5, 5.41) is 3.43. The Morgan fingerprint density at radius 2 is 2.11 bits per heavy atom. The van der Waals surface area contributed by atoms with Crippen molar-refractivity contribution in [2.75, 3.05) is 6.54 Å². The Morgan fingerprint density at radius 1 is 1.28 bits per heavy atom. The summed E-state index contributed by atoms with van der Waals surface area (Å²) >= 11 is 5.65. The van der Waals surface area contributed by atoms with Crippen LogP contribution in [0.5, 0.6) is 0 Å². The minimum absolute atomic E-state index is 0.166. The largest absolute Gasteiger partial charge is 0.350 e. The monoisotopic (exact) mass is 266 g/mol. The number of halogens is 2. The van der Waals surface area contributed by atoms with Crippen LogP contribution in [0.2, 0.25) is 5.02 Å². The van der Waals surface area contributed by atoms with Gasteiger partial charge in [-0.05, 0) is 35.9 Å². The van der Waals surface area contributed by atoms with Crippen molar-refractivity contribution >= 4 is 11.6 Å². The zero-order valence-corrected chi connectivity index (χ0v) is 11.0. The highest BCUT2D eigenvalue weighted by Gasteiger charge is 2.02. The molecule has 1 aromatic heterocycles. The molecule has 2 rings (SSSR count). The smallest absolute Gasteiger partial charge is 0.142 e. The van der Waals surface area contributed by atoms with Crippen molar-refractivity contribution in [2.24, 2.45) is 0 Å². The van der Waals surface area contributed by atoms with E-state index >= 15 is 0 Å². The van der Waals surface area contributed by atoms with E-state index in [4.69, 9.17) is 11.6 Å². The molecule has 1 heterocycles. The lowest BCUT2D eigenvalue weighted by atomic mass is 10.2. The van der Waals surface area contributed by atoms with Gasteiger partial charge in [0.15, 0.2) is 0 Å². The first kappa shape index (κ1) is 13.1. The van der Waals surface area contributed by atoms with Crippen molar-refractivity contribution in [3.63, 3.8) is 0 Å². The van der Waals surface area contributed by atoms with Crippen LogP contribution in [0.1, 0.15) is 18.1 Å². The van der Waals surface area contributed by atoms with E-state index in [9.17, 15) is 4.39 Å². The van der Waals surface area contributed by atoms with Crippen LogP contribution in [0.25, 0.3) is 0 Å². The second-order valence-corrected chi connectivity index (χ2v) is 4.63. The number of benzene rings is 1. The number of nitrogens with zero attached hydrogens (tertiary/aromatic N) is 1. The first-order chi connectivity index (χ1) is 8.69. The number of nitrogens with one attached hydrogen (secondary N) is 1. The molecule has 0 aliphatic rings. The summed E-state index contributed by atoms with van der Waals surface area (Å²) in [5.74, 6) is -0.366. The van der Waals surface area contributed by atoms with Crippen molar-refractivity contribution in [1.82, 2.24) is 9.88 Å². The van der Waals surface area contributed by atoms with Gasteiger partial charge in [-0.1, -0.05) is 24.6 Å². The molecule has 1 aromatic carbocycles. The molecular weight excluding hydrogens is 251 g/mol. The van der Waals surface area contributed by atoms with Gasteiger partial charge in [-0.15, -0.1) is 0 Å². The van der Waals surface area contributed by atoms with Crippen LogP contribution in [-0.4, -0.2) is 11.1 Å². The fourth-order valence-electron chi connectivity index (χ4n) is 1.81. The average Bonchev–Trinajstić information content (AvgIpc) is 2.79. The van der Waals surface area contributed by atoms with E-state index in [1.165, 1.54) is 11.6 Å². The predicted octanol–water partition coefficient (Wildman–Crippen LogP) is 3.44. The maximum Gasteiger partial charge on any atom is 0.142 e. The van der Waals surface area contributed by atoms with Gasteiger partial charge >= 0.3 is 0 Å². The van der Waals surface area contributed by atoms with Gasteiger partial charge in [0, 0.05) is 25.5 Å². The van der Waals surface area contributed by atoms with Gasteiger partial charge in [-0.3, -0.25) is 0 Å². The number of aromatic nitrogens is 1. The molecule has 0 fully saturated rings. The van der Waals surface area contributed by atoms with Gasteiger partial charge < -0.3 is 9.88 Å². The summed E-state index contributed by atoms with van der Waals surface area (Å²) < 4.78 is 15.3. The summed E-state index contributed by atoms with van der Waals surface area (Å²) in [4.78, 5) is 0. The van der Waals surface area contributed by atoms with Gasteiger partial charge in [-0.25, -0.2) is 4.39 Å². The summed E-state index contributed by atoms with van der Waals surface area (Å²) in [6.45, 7) is 4.54. The molecule has 18 heavy (non-hydrogen) atoms. The van der Waals surface area contributed by atoms with Crippen LogP contribution in [0, 0.1) is 5.82 Å². The molecule has 0 saturated carbocycles. The Morgan fingerprint density at radius 3 is 2.83 bits per heavy atom. The SMILES string of the molecule is CCNCc1ccn(Cc2ccc(Cl)c(F)c2)c1. The maximum absolute atomic E-state index is 13.3. The van der Waals surface area contributed by atoms with E-state index < -0.39 is 0 Å². The zero-order chi connectivity index (χ0) is 13.0. The third kappa shape index (κ3) is 3.34. The lowest BCUT2D eigenvalue weighted by Crippen LogP contribution is -2.11. The second-order valence-electron chi connectivity index (χ2n) is 4.22. The minimum Gasteiger partial charge on any atom is -0.350 e. The zero-order valence-electron chi connectivity index (χ0n) is 10.3. The molecule has 2 nitrogen and oxygen atoms in total. The minimum atomic E-state index is -0.366. The van der Waals surface area contributed by atoms with Crippen molar-refractivity contribution in [2.45, 2.75) is 20.0 Å². The van der Waals surface area contributed by atoms with E-state index in [0.717, 1.165) is 18.7 Å². The summed E-state index contributed by atoms with van der Waals surface area (Å²) in [5.41, 5.74) is 2.13. The Hall–Kier alpha value is -1.32. The van der Waals surface area contributed by atoms with Gasteiger partial charge in [0.25, 0.3) is 0 Å². The Bertz CT molecular complexity index is 522. The Balaban J connectivity index is 2.04. The van der Waals surface area contributed by atoms with Gasteiger partial charge in [0.1, 0.15) is 5.82 Å². The lowest BCUT2D eigenvalue weighted by Gasteiger charge is -2.04. The molecule has 0 aliphatic heterocycles. The van der Waals surface area contributed by atoms with E-state index in [0.29, 0.717) is 6.54 Å². The van der Waals surface area contributed by atoms with Crippen LogP contribution in [-0.2, 0) is 13.1 Å². The molecule has 0 atom stereocenters. The molecule has 0 radical (unpaired) electrons. The summed E-state index contributed by atoms with van der Waals surface area (Å²) in [6.07, 6.45) is 4.06. The molecule has 1 N–H and O–H groups in total. The Kier molecular flexibility index (Phi) is 4.39. The van der Waals surface area contributed by atoms with Crippen LogP contribution in [0.15, 0.2) is 36.7 Å². The molecular formula is C14H16ClFN2. The van der Waals surface area contributed by atoms with Crippen molar-refractivity contribution in [3.05, 3.63) is 58.6 Å². The standard InChI is InChI=1S/C14H16ClFN2/c1-2-17-8-12-5-6-18(10-12)9-11-3-4-13(15)14(16)7-11/h3-7,10,17H,2,8-9H2,1H3. The topological polar surface area (TPSA) is 17.0 Å². The molecule has 0 amide bonds. The normalized spacial score (nSPS) is 10.8. The predicted molar refractivity (Wildman–Crippen MR) is 72.3 cm³/mol. The molecule has 0 spiro atoms. The molecule has 4 heteroatoms. The average molecular weight is 267 g/mol. The van der Waals surface area contributed by atoms with Crippen LogP contribution >= 0.6 is 11.6 Å². The molecule has 0 saturated heterocycles. The van der Waals surface area contributed by atoms with Gasteiger partial charge in [0.2, 0.25) is 0 Å². The van der Waals surface area contributed by atoms with Crippen molar-refractivity contribution in [1.29, 1.82) is 0 Å².